The maximum atomic E-state index is 6.23. The molecular formula is C16H33N3O. The average Bonchev–Trinajstić information content (AvgIpc) is 2.82. The van der Waals surface area contributed by atoms with E-state index in [0.29, 0.717) is 12.1 Å². The highest BCUT2D eigenvalue weighted by Crippen LogP contribution is 2.36. The van der Waals surface area contributed by atoms with E-state index in [1.54, 1.807) is 0 Å². The topological polar surface area (TPSA) is 41.7 Å². The molecule has 2 aliphatic rings. The van der Waals surface area contributed by atoms with E-state index < -0.39 is 0 Å². The lowest BCUT2D eigenvalue weighted by Gasteiger charge is -2.47. The summed E-state index contributed by atoms with van der Waals surface area (Å²) in [5, 5.41) is 0. The molecule has 0 aromatic heterocycles. The molecule has 2 N–H and O–H groups in total. The van der Waals surface area contributed by atoms with Crippen molar-refractivity contribution in [1.29, 1.82) is 0 Å². The van der Waals surface area contributed by atoms with Gasteiger partial charge in [-0.25, -0.2) is 0 Å². The van der Waals surface area contributed by atoms with Crippen LogP contribution in [0, 0.1) is 5.92 Å². The quantitative estimate of drug-likeness (QED) is 0.831. The predicted molar refractivity (Wildman–Crippen MR) is 83.9 cm³/mol. The zero-order valence-corrected chi connectivity index (χ0v) is 13.8. The van der Waals surface area contributed by atoms with Crippen molar-refractivity contribution in [1.82, 2.24) is 9.80 Å². The molecule has 2 heterocycles. The monoisotopic (exact) mass is 283 g/mol. The molecule has 0 radical (unpaired) electrons. The molecule has 0 aliphatic carbocycles. The van der Waals surface area contributed by atoms with Crippen molar-refractivity contribution < 1.29 is 4.74 Å². The molecule has 2 fully saturated rings. The SMILES string of the molecule is CCCC1CC(CN)(N2CC(C)C(N(C)C)C2)CCO1. The van der Waals surface area contributed by atoms with Gasteiger partial charge in [0.15, 0.2) is 0 Å². The maximum absolute atomic E-state index is 6.23. The van der Waals surface area contributed by atoms with E-state index in [0.717, 1.165) is 38.5 Å². The second kappa shape index (κ2) is 6.73. The Balaban J connectivity index is 2.07. The highest BCUT2D eigenvalue weighted by atomic mass is 16.5. The molecule has 20 heavy (non-hydrogen) atoms. The Morgan fingerprint density at radius 3 is 2.65 bits per heavy atom. The van der Waals surface area contributed by atoms with Gasteiger partial charge in [-0.1, -0.05) is 20.3 Å². The number of hydrogen-bond donors (Lipinski definition) is 1. The highest BCUT2D eigenvalue weighted by molar-refractivity contribution is 5.01. The van der Waals surface area contributed by atoms with Gasteiger partial charge in [-0.3, -0.25) is 4.90 Å². The van der Waals surface area contributed by atoms with E-state index in [1.165, 1.54) is 19.4 Å². The molecule has 2 rings (SSSR count). The summed E-state index contributed by atoms with van der Waals surface area (Å²) in [6.07, 6.45) is 4.98. The van der Waals surface area contributed by atoms with Crippen LogP contribution in [0.25, 0.3) is 0 Å². The summed E-state index contributed by atoms with van der Waals surface area (Å²) in [5.74, 6) is 0.723. The van der Waals surface area contributed by atoms with Gasteiger partial charge < -0.3 is 15.4 Å². The number of nitrogens with zero attached hydrogens (tertiary/aromatic N) is 2. The van der Waals surface area contributed by atoms with Gasteiger partial charge in [-0.2, -0.15) is 0 Å². The van der Waals surface area contributed by atoms with Crippen LogP contribution in [0.1, 0.15) is 39.5 Å². The predicted octanol–water partition coefficient (Wildman–Crippen LogP) is 1.54. The first-order valence-corrected chi connectivity index (χ1v) is 8.25. The zero-order valence-electron chi connectivity index (χ0n) is 13.8. The van der Waals surface area contributed by atoms with Crippen LogP contribution < -0.4 is 5.73 Å². The third-order valence-corrected chi connectivity index (χ3v) is 5.43. The number of likely N-dealkylation sites (N-methyl/N-ethyl adjacent to an activating group) is 1. The van der Waals surface area contributed by atoms with Crippen LogP contribution in [0.3, 0.4) is 0 Å². The molecule has 0 aromatic carbocycles. The molecule has 0 amide bonds. The molecule has 4 heteroatoms. The van der Waals surface area contributed by atoms with Crippen LogP contribution in [-0.4, -0.2) is 67.8 Å². The summed E-state index contributed by atoms with van der Waals surface area (Å²) >= 11 is 0. The largest absolute Gasteiger partial charge is 0.378 e. The number of rotatable bonds is 5. The van der Waals surface area contributed by atoms with E-state index in [1.807, 2.05) is 0 Å². The van der Waals surface area contributed by atoms with Crippen LogP contribution in [0.15, 0.2) is 0 Å². The van der Waals surface area contributed by atoms with Crippen molar-refractivity contribution in [3.63, 3.8) is 0 Å². The Labute approximate surface area is 124 Å². The molecule has 2 aliphatic heterocycles. The van der Waals surface area contributed by atoms with Gasteiger partial charge in [0.25, 0.3) is 0 Å². The lowest BCUT2D eigenvalue weighted by molar-refractivity contribution is -0.0692. The van der Waals surface area contributed by atoms with Gasteiger partial charge in [0.05, 0.1) is 6.10 Å². The second-order valence-corrected chi connectivity index (χ2v) is 7.08. The summed E-state index contributed by atoms with van der Waals surface area (Å²) in [6.45, 7) is 8.59. The van der Waals surface area contributed by atoms with Gasteiger partial charge >= 0.3 is 0 Å². The van der Waals surface area contributed by atoms with Crippen molar-refractivity contribution in [2.45, 2.75) is 57.2 Å². The summed E-state index contributed by atoms with van der Waals surface area (Å²) < 4.78 is 5.94. The van der Waals surface area contributed by atoms with Gasteiger partial charge in [0, 0.05) is 37.8 Å². The fraction of sp³-hybridized carbons (Fsp3) is 1.00. The minimum absolute atomic E-state index is 0.178. The number of ether oxygens (including phenoxy) is 1. The first-order chi connectivity index (χ1) is 9.52. The summed E-state index contributed by atoms with van der Waals surface area (Å²) in [7, 11) is 4.40. The number of likely N-dealkylation sites (tertiary alicyclic amines) is 1. The summed E-state index contributed by atoms with van der Waals surface area (Å²) in [4.78, 5) is 5.05. The third kappa shape index (κ3) is 3.19. The minimum atomic E-state index is 0.178. The van der Waals surface area contributed by atoms with Crippen LogP contribution in [0.5, 0.6) is 0 Å². The Morgan fingerprint density at radius 2 is 2.10 bits per heavy atom. The van der Waals surface area contributed by atoms with Crippen LogP contribution in [0.2, 0.25) is 0 Å². The average molecular weight is 283 g/mol. The Morgan fingerprint density at radius 1 is 1.35 bits per heavy atom. The Hall–Kier alpha value is -0.160. The summed E-state index contributed by atoms with van der Waals surface area (Å²) in [5.41, 5.74) is 6.41. The van der Waals surface area contributed by atoms with Gasteiger partial charge in [-0.15, -0.1) is 0 Å². The molecule has 118 valence electrons. The van der Waals surface area contributed by atoms with Gasteiger partial charge in [0.2, 0.25) is 0 Å². The molecular weight excluding hydrogens is 250 g/mol. The zero-order chi connectivity index (χ0) is 14.8. The molecule has 0 spiro atoms. The minimum Gasteiger partial charge on any atom is -0.378 e. The van der Waals surface area contributed by atoms with E-state index in [4.69, 9.17) is 10.5 Å². The lowest BCUT2D eigenvalue weighted by atomic mass is 9.83. The Kier molecular flexibility index (Phi) is 5.46. The molecule has 0 bridgehead atoms. The van der Waals surface area contributed by atoms with Crippen molar-refractivity contribution in [2.75, 3.05) is 40.3 Å². The van der Waals surface area contributed by atoms with Crippen LogP contribution >= 0.6 is 0 Å². The van der Waals surface area contributed by atoms with Crippen molar-refractivity contribution in [3.05, 3.63) is 0 Å². The molecule has 4 atom stereocenters. The summed E-state index contributed by atoms with van der Waals surface area (Å²) in [6, 6.07) is 0.658. The standard InChI is InChI=1S/C16H33N3O/c1-5-6-14-9-16(12-17,7-8-20-14)19-10-13(2)15(11-19)18(3)4/h13-15H,5-12,17H2,1-4H3. The van der Waals surface area contributed by atoms with E-state index in [2.05, 4.69) is 37.7 Å². The fourth-order valence-electron chi connectivity index (χ4n) is 4.12. The van der Waals surface area contributed by atoms with Crippen LogP contribution in [0.4, 0.5) is 0 Å². The first-order valence-electron chi connectivity index (χ1n) is 8.25. The van der Waals surface area contributed by atoms with E-state index in [-0.39, 0.29) is 5.54 Å². The van der Waals surface area contributed by atoms with Crippen molar-refractivity contribution in [3.8, 4) is 0 Å². The number of hydrogen-bond acceptors (Lipinski definition) is 4. The van der Waals surface area contributed by atoms with Crippen molar-refractivity contribution >= 4 is 0 Å². The highest BCUT2D eigenvalue weighted by Gasteiger charge is 2.45. The molecule has 4 unspecified atom stereocenters. The Bertz CT molecular complexity index is 308. The lowest BCUT2D eigenvalue weighted by Crippen LogP contribution is -2.58. The maximum Gasteiger partial charge on any atom is 0.0593 e. The normalized spacial score (nSPS) is 39.6. The molecule has 2 saturated heterocycles. The van der Waals surface area contributed by atoms with Gasteiger partial charge in [0.1, 0.15) is 0 Å². The van der Waals surface area contributed by atoms with Crippen molar-refractivity contribution in [2.24, 2.45) is 11.7 Å². The van der Waals surface area contributed by atoms with Crippen LogP contribution in [-0.2, 0) is 4.74 Å². The second-order valence-electron chi connectivity index (χ2n) is 7.08. The third-order valence-electron chi connectivity index (χ3n) is 5.43. The van der Waals surface area contributed by atoms with E-state index >= 15 is 0 Å². The fourth-order valence-corrected chi connectivity index (χ4v) is 4.12. The van der Waals surface area contributed by atoms with E-state index in [9.17, 15) is 0 Å². The molecule has 0 saturated carbocycles. The molecule has 4 nitrogen and oxygen atoms in total. The molecule has 0 aromatic rings. The smallest absolute Gasteiger partial charge is 0.0593 e. The first kappa shape index (κ1) is 16.2. The van der Waals surface area contributed by atoms with Gasteiger partial charge in [-0.05, 0) is 39.3 Å². The number of nitrogens with two attached hydrogens (primary N) is 1.